The molecule has 1 aromatic heterocycles. The molecule has 0 spiro atoms. The molecular weight excluding hydrogens is 543 g/mol. The van der Waals surface area contributed by atoms with Gasteiger partial charge in [-0.3, -0.25) is 4.98 Å². The van der Waals surface area contributed by atoms with Crippen molar-refractivity contribution < 1.29 is 46.1 Å². The number of piperidine rings is 1. The third-order valence-corrected chi connectivity index (χ3v) is 6.96. The van der Waals surface area contributed by atoms with Gasteiger partial charge in [-0.1, -0.05) is 36.4 Å². The largest absolute Gasteiger partial charge is 0.490 e. The van der Waals surface area contributed by atoms with Gasteiger partial charge in [-0.05, 0) is 38.8 Å². The first kappa shape index (κ1) is 32.0. The Morgan fingerprint density at radius 1 is 1.15 bits per heavy atom. The maximum absolute atomic E-state index is 12.8. The van der Waals surface area contributed by atoms with Crippen LogP contribution in [-0.2, 0) is 26.0 Å². The summed E-state index contributed by atoms with van der Waals surface area (Å²) in [5.41, 5.74) is 2.55. The van der Waals surface area contributed by atoms with Gasteiger partial charge in [0, 0.05) is 30.3 Å². The Bertz CT molecular complexity index is 1190. The molecule has 3 N–H and O–H groups in total. The van der Waals surface area contributed by atoms with Crippen molar-refractivity contribution in [2.45, 2.75) is 57.5 Å². The summed E-state index contributed by atoms with van der Waals surface area (Å²) in [6.45, 7) is 3.58. The minimum absolute atomic E-state index is 0.283. The molecule has 0 saturated carbocycles. The average Bonchev–Trinajstić information content (AvgIpc) is 2.85. The second-order valence-electron chi connectivity index (χ2n) is 8.99. The van der Waals surface area contributed by atoms with E-state index < -0.39 is 47.0 Å². The predicted octanol–water partition coefficient (Wildman–Crippen LogP) is 3.21. The molecule has 216 valence electrons. The number of aliphatic hydroxyl groups excluding tert-OH is 1. The Balaban J connectivity index is 0.000000673. The molecule has 1 aliphatic heterocycles. The van der Waals surface area contributed by atoms with Crippen molar-refractivity contribution in [2.75, 3.05) is 18.9 Å². The van der Waals surface area contributed by atoms with Crippen LogP contribution in [0.2, 0.25) is 0 Å². The van der Waals surface area contributed by atoms with Gasteiger partial charge >= 0.3 is 18.2 Å². The van der Waals surface area contributed by atoms with Crippen LogP contribution < -0.4 is 4.72 Å². The fourth-order valence-corrected chi connectivity index (χ4v) is 5.02. The highest BCUT2D eigenvalue weighted by Crippen LogP contribution is 2.24. The Hall–Kier alpha value is -3.23. The van der Waals surface area contributed by atoms with E-state index >= 15 is 0 Å². The first-order valence-electron chi connectivity index (χ1n) is 12.1. The molecule has 14 heteroatoms. The van der Waals surface area contributed by atoms with Crippen LogP contribution >= 0.6 is 0 Å². The minimum Gasteiger partial charge on any atom is -0.475 e. The van der Waals surface area contributed by atoms with Crippen molar-refractivity contribution >= 4 is 22.1 Å². The number of ether oxygens (including phenoxy) is 1. The molecule has 0 radical (unpaired) electrons. The molecule has 3 rings (SSSR count). The third-order valence-electron chi connectivity index (χ3n) is 5.58. The van der Waals surface area contributed by atoms with Crippen LogP contribution in [0.15, 0.2) is 48.5 Å². The molecular formula is C25H32F3N3O7S. The smallest absolute Gasteiger partial charge is 0.475 e. The summed E-state index contributed by atoms with van der Waals surface area (Å²) in [6, 6.07) is 14.5. The van der Waals surface area contributed by atoms with Crippen molar-refractivity contribution in [1.29, 1.82) is 0 Å². The standard InChI is InChI=1S/C23H31N3O5S.C2HF3O2/c1-17(2)31-23(28)26-13-7-12-21(25-32(29,30)15-14-27)22(26)16-19-10-6-11-20(24-19)18-8-4-3-5-9-18;3-2(4,5)1(6)7/h3-6,8-11,17,21-22,25,27H,7,12-16H2,1-2H3;(H,6,7)/t21-,22-;/m0./s1. The topological polar surface area (TPSA) is 146 Å². The van der Waals surface area contributed by atoms with Gasteiger partial charge in [-0.15, -0.1) is 0 Å². The number of aliphatic carboxylic acids is 1. The quantitative estimate of drug-likeness (QED) is 0.435. The second-order valence-corrected chi connectivity index (χ2v) is 10.9. The zero-order valence-corrected chi connectivity index (χ0v) is 22.3. The molecule has 1 amide bonds. The van der Waals surface area contributed by atoms with Crippen molar-refractivity contribution in [3.8, 4) is 11.3 Å². The van der Waals surface area contributed by atoms with E-state index in [0.29, 0.717) is 25.8 Å². The number of aliphatic hydroxyl groups is 1. The lowest BCUT2D eigenvalue weighted by atomic mass is 9.93. The fraction of sp³-hybridized carbons (Fsp3) is 0.480. The number of carbonyl (C=O) groups excluding carboxylic acids is 1. The molecule has 2 atom stereocenters. The average molecular weight is 576 g/mol. The number of sulfonamides is 1. The Labute approximate surface area is 224 Å². The molecule has 1 aromatic carbocycles. The van der Waals surface area contributed by atoms with Gasteiger partial charge in [-0.25, -0.2) is 22.7 Å². The summed E-state index contributed by atoms with van der Waals surface area (Å²) in [5.74, 6) is -3.14. The number of hydrogen-bond donors (Lipinski definition) is 3. The second kappa shape index (κ2) is 14.2. The zero-order chi connectivity index (χ0) is 29.2. The molecule has 0 unspecified atom stereocenters. The van der Waals surface area contributed by atoms with E-state index in [1.165, 1.54) is 0 Å². The number of aromatic nitrogens is 1. The molecule has 1 fully saturated rings. The SMILES string of the molecule is CC(C)OC(=O)N1CCC[C@H](NS(=O)(=O)CCO)[C@@H]1Cc1cccc(-c2ccccc2)n1.O=C(O)C(F)(F)F. The number of carbonyl (C=O) groups is 2. The Kier molecular flexibility index (Phi) is 11.7. The first-order valence-corrected chi connectivity index (χ1v) is 13.8. The summed E-state index contributed by atoms with van der Waals surface area (Å²) in [6.07, 6.45) is -4.23. The number of amides is 1. The number of carboxylic acid groups (broad SMARTS) is 1. The lowest BCUT2D eigenvalue weighted by Crippen LogP contribution is -2.58. The lowest BCUT2D eigenvalue weighted by Gasteiger charge is -2.41. The van der Waals surface area contributed by atoms with Gasteiger partial charge in [0.2, 0.25) is 10.0 Å². The number of rotatable bonds is 8. The highest BCUT2D eigenvalue weighted by molar-refractivity contribution is 7.89. The van der Waals surface area contributed by atoms with Crippen LogP contribution in [0.1, 0.15) is 32.4 Å². The normalized spacial score (nSPS) is 17.8. The van der Waals surface area contributed by atoms with Crippen LogP contribution in [0.3, 0.4) is 0 Å². The Morgan fingerprint density at radius 3 is 2.36 bits per heavy atom. The van der Waals surface area contributed by atoms with E-state index in [0.717, 1.165) is 17.0 Å². The van der Waals surface area contributed by atoms with Crippen molar-refractivity contribution in [1.82, 2.24) is 14.6 Å². The number of benzene rings is 1. The summed E-state index contributed by atoms with van der Waals surface area (Å²) in [5, 5.41) is 16.2. The van der Waals surface area contributed by atoms with E-state index in [4.69, 9.17) is 24.7 Å². The van der Waals surface area contributed by atoms with E-state index in [-0.39, 0.29) is 11.9 Å². The monoisotopic (exact) mass is 575 g/mol. The highest BCUT2D eigenvalue weighted by Gasteiger charge is 2.39. The number of likely N-dealkylation sites (tertiary alicyclic amines) is 1. The fourth-order valence-electron chi connectivity index (χ4n) is 3.93. The van der Waals surface area contributed by atoms with Crippen LogP contribution in [0.4, 0.5) is 18.0 Å². The van der Waals surface area contributed by atoms with Gasteiger partial charge < -0.3 is 19.8 Å². The van der Waals surface area contributed by atoms with Crippen molar-refractivity contribution in [3.05, 3.63) is 54.2 Å². The lowest BCUT2D eigenvalue weighted by molar-refractivity contribution is -0.192. The summed E-state index contributed by atoms with van der Waals surface area (Å²) in [4.78, 5) is 28.1. The van der Waals surface area contributed by atoms with Gasteiger partial charge in [0.15, 0.2) is 0 Å². The van der Waals surface area contributed by atoms with Crippen molar-refractivity contribution in [3.63, 3.8) is 0 Å². The summed E-state index contributed by atoms with van der Waals surface area (Å²) < 4.78 is 64.6. The maximum Gasteiger partial charge on any atom is 0.490 e. The number of carboxylic acids is 1. The number of hydrogen-bond acceptors (Lipinski definition) is 7. The molecule has 0 bridgehead atoms. The van der Waals surface area contributed by atoms with Gasteiger partial charge in [-0.2, -0.15) is 13.2 Å². The van der Waals surface area contributed by atoms with E-state index in [9.17, 15) is 26.4 Å². The highest BCUT2D eigenvalue weighted by atomic mass is 32.2. The molecule has 10 nitrogen and oxygen atoms in total. The van der Waals surface area contributed by atoms with E-state index in [1.54, 1.807) is 18.7 Å². The van der Waals surface area contributed by atoms with Crippen LogP contribution in [0.5, 0.6) is 0 Å². The molecule has 1 aliphatic rings. The maximum atomic E-state index is 12.8. The van der Waals surface area contributed by atoms with Crippen molar-refractivity contribution in [2.24, 2.45) is 0 Å². The molecule has 39 heavy (non-hydrogen) atoms. The van der Waals surface area contributed by atoms with Crippen LogP contribution in [0.25, 0.3) is 11.3 Å². The molecule has 2 heterocycles. The minimum atomic E-state index is -5.08. The number of nitrogens with zero attached hydrogens (tertiary/aromatic N) is 2. The number of pyridine rings is 1. The molecule has 0 aliphatic carbocycles. The van der Waals surface area contributed by atoms with Crippen LogP contribution in [0, 0.1) is 0 Å². The van der Waals surface area contributed by atoms with Gasteiger partial charge in [0.1, 0.15) is 0 Å². The van der Waals surface area contributed by atoms with E-state index in [1.807, 2.05) is 48.5 Å². The van der Waals surface area contributed by atoms with E-state index in [2.05, 4.69) is 4.72 Å². The Morgan fingerprint density at radius 2 is 1.79 bits per heavy atom. The number of alkyl halides is 3. The van der Waals surface area contributed by atoms with Crippen LogP contribution in [-0.4, -0.2) is 83.8 Å². The molecule has 1 saturated heterocycles. The third kappa shape index (κ3) is 10.5. The summed E-state index contributed by atoms with van der Waals surface area (Å²) in [7, 11) is -3.68. The number of nitrogens with one attached hydrogen (secondary N) is 1. The first-order chi connectivity index (χ1) is 18.2. The van der Waals surface area contributed by atoms with Gasteiger partial charge in [0.25, 0.3) is 0 Å². The summed E-state index contributed by atoms with van der Waals surface area (Å²) >= 11 is 0. The molecule has 2 aromatic rings. The zero-order valence-electron chi connectivity index (χ0n) is 21.5. The number of halogens is 3. The van der Waals surface area contributed by atoms with Gasteiger partial charge in [0.05, 0.1) is 30.2 Å². The predicted molar refractivity (Wildman–Crippen MR) is 136 cm³/mol.